The molecule has 24 heavy (non-hydrogen) atoms. The fourth-order valence-electron chi connectivity index (χ4n) is 3.08. The van der Waals surface area contributed by atoms with Crippen molar-refractivity contribution < 1.29 is 13.9 Å². The third-order valence-corrected chi connectivity index (χ3v) is 4.35. The van der Waals surface area contributed by atoms with E-state index in [4.69, 9.17) is 10.5 Å². The second-order valence-electron chi connectivity index (χ2n) is 6.02. The van der Waals surface area contributed by atoms with Gasteiger partial charge in [0, 0.05) is 13.1 Å². The number of carbonyl (C=O) groups excluding carboxylic acids is 1. The molecule has 1 atom stereocenters. The minimum absolute atomic E-state index is 0.272. The largest absolute Gasteiger partial charge is 0.494 e. The van der Waals surface area contributed by atoms with Crippen molar-refractivity contribution >= 4 is 5.91 Å². The topological polar surface area (TPSA) is 55.6 Å². The van der Waals surface area contributed by atoms with Crippen LogP contribution in [0.5, 0.6) is 5.75 Å². The maximum Gasteiger partial charge on any atom is 0.235 e. The summed E-state index contributed by atoms with van der Waals surface area (Å²) in [5, 5.41) is 0. The van der Waals surface area contributed by atoms with Gasteiger partial charge in [-0.3, -0.25) is 9.69 Å². The lowest BCUT2D eigenvalue weighted by molar-refractivity contribution is -0.123. The molecule has 0 fully saturated rings. The first-order valence-electron chi connectivity index (χ1n) is 8.12. The molecule has 1 aliphatic heterocycles. The molecular weight excluding hydrogens is 307 g/mol. The van der Waals surface area contributed by atoms with E-state index in [1.165, 1.54) is 23.3 Å². The Kier molecular flexibility index (Phi) is 5.11. The van der Waals surface area contributed by atoms with Gasteiger partial charge in [0.25, 0.3) is 0 Å². The number of carbonyl (C=O) groups is 1. The lowest BCUT2D eigenvalue weighted by atomic mass is 9.93. The van der Waals surface area contributed by atoms with Gasteiger partial charge in [0.2, 0.25) is 5.91 Å². The Bertz CT molecular complexity index is 703. The molecule has 1 heterocycles. The molecule has 1 unspecified atom stereocenters. The van der Waals surface area contributed by atoms with Crippen LogP contribution in [0.15, 0.2) is 48.5 Å². The number of nitrogens with two attached hydrogens (primary N) is 1. The molecule has 5 heteroatoms. The number of benzene rings is 2. The van der Waals surface area contributed by atoms with E-state index >= 15 is 0 Å². The standard InChI is InChI=1S/C19H21FN2O2/c20-16-6-8-17(9-7-16)24-11-3-10-22-13-15-5-2-1-4-14(15)12-18(22)19(21)23/h1-2,4-9,18H,3,10-13H2,(H2,21,23). The quantitative estimate of drug-likeness (QED) is 0.829. The van der Waals surface area contributed by atoms with Gasteiger partial charge in [-0.2, -0.15) is 0 Å². The highest BCUT2D eigenvalue weighted by Crippen LogP contribution is 2.23. The third-order valence-electron chi connectivity index (χ3n) is 4.35. The van der Waals surface area contributed by atoms with E-state index in [2.05, 4.69) is 17.0 Å². The van der Waals surface area contributed by atoms with E-state index < -0.39 is 0 Å². The highest BCUT2D eigenvalue weighted by Gasteiger charge is 2.29. The lowest BCUT2D eigenvalue weighted by Gasteiger charge is -2.35. The molecule has 3 rings (SSSR count). The minimum Gasteiger partial charge on any atom is -0.494 e. The molecular formula is C19H21FN2O2. The van der Waals surface area contributed by atoms with E-state index in [0.29, 0.717) is 18.8 Å². The van der Waals surface area contributed by atoms with Gasteiger partial charge in [-0.15, -0.1) is 0 Å². The van der Waals surface area contributed by atoms with Gasteiger partial charge < -0.3 is 10.5 Å². The molecule has 1 aliphatic rings. The molecule has 2 N–H and O–H groups in total. The molecule has 1 amide bonds. The number of nitrogens with zero attached hydrogens (tertiary/aromatic N) is 1. The van der Waals surface area contributed by atoms with Crippen molar-refractivity contribution in [3.63, 3.8) is 0 Å². The predicted molar refractivity (Wildman–Crippen MR) is 90.1 cm³/mol. The van der Waals surface area contributed by atoms with Crippen LogP contribution in [0.3, 0.4) is 0 Å². The summed E-state index contributed by atoms with van der Waals surface area (Å²) in [6, 6.07) is 13.8. The summed E-state index contributed by atoms with van der Waals surface area (Å²) in [6.07, 6.45) is 1.42. The number of amides is 1. The van der Waals surface area contributed by atoms with Crippen molar-refractivity contribution in [1.82, 2.24) is 4.90 Å². The summed E-state index contributed by atoms with van der Waals surface area (Å²) >= 11 is 0. The molecule has 0 bridgehead atoms. The number of hydrogen-bond donors (Lipinski definition) is 1. The van der Waals surface area contributed by atoms with E-state index in [1.54, 1.807) is 12.1 Å². The zero-order valence-corrected chi connectivity index (χ0v) is 13.5. The van der Waals surface area contributed by atoms with E-state index in [-0.39, 0.29) is 17.8 Å². The fourth-order valence-corrected chi connectivity index (χ4v) is 3.08. The van der Waals surface area contributed by atoms with Gasteiger partial charge in [0.15, 0.2) is 0 Å². The summed E-state index contributed by atoms with van der Waals surface area (Å²) in [7, 11) is 0. The zero-order valence-electron chi connectivity index (χ0n) is 13.5. The average Bonchev–Trinajstić information content (AvgIpc) is 2.59. The SMILES string of the molecule is NC(=O)C1Cc2ccccc2CN1CCCOc1ccc(F)cc1. The van der Waals surface area contributed by atoms with Crippen LogP contribution in [-0.4, -0.2) is 30.0 Å². The second-order valence-corrected chi connectivity index (χ2v) is 6.02. The molecule has 0 saturated carbocycles. The molecule has 0 saturated heterocycles. The summed E-state index contributed by atoms with van der Waals surface area (Å²) < 4.78 is 18.5. The normalized spacial score (nSPS) is 17.3. The Morgan fingerprint density at radius 1 is 1.17 bits per heavy atom. The molecule has 0 aromatic heterocycles. The molecule has 2 aromatic rings. The van der Waals surface area contributed by atoms with Gasteiger partial charge in [0.1, 0.15) is 11.6 Å². The Balaban J connectivity index is 1.55. The van der Waals surface area contributed by atoms with Crippen LogP contribution >= 0.6 is 0 Å². The van der Waals surface area contributed by atoms with Crippen molar-refractivity contribution in [2.24, 2.45) is 5.73 Å². The van der Waals surface area contributed by atoms with Crippen molar-refractivity contribution in [1.29, 1.82) is 0 Å². The van der Waals surface area contributed by atoms with Crippen LogP contribution < -0.4 is 10.5 Å². The maximum absolute atomic E-state index is 12.9. The Morgan fingerprint density at radius 3 is 2.58 bits per heavy atom. The first-order valence-corrected chi connectivity index (χ1v) is 8.12. The van der Waals surface area contributed by atoms with Crippen molar-refractivity contribution in [2.75, 3.05) is 13.2 Å². The fraction of sp³-hybridized carbons (Fsp3) is 0.316. The van der Waals surface area contributed by atoms with Crippen LogP contribution in [0.25, 0.3) is 0 Å². The summed E-state index contributed by atoms with van der Waals surface area (Å²) in [6.45, 7) is 1.96. The third kappa shape index (κ3) is 3.92. The first kappa shape index (κ1) is 16.5. The van der Waals surface area contributed by atoms with Crippen LogP contribution in [0.1, 0.15) is 17.5 Å². The van der Waals surface area contributed by atoms with Gasteiger partial charge in [-0.25, -0.2) is 4.39 Å². The van der Waals surface area contributed by atoms with E-state index in [0.717, 1.165) is 19.5 Å². The van der Waals surface area contributed by atoms with Crippen molar-refractivity contribution in [3.05, 3.63) is 65.5 Å². The Labute approximate surface area is 141 Å². The molecule has 0 spiro atoms. The molecule has 0 aliphatic carbocycles. The minimum atomic E-state index is -0.288. The lowest BCUT2D eigenvalue weighted by Crippen LogP contribution is -2.49. The highest BCUT2D eigenvalue weighted by atomic mass is 19.1. The number of fused-ring (bicyclic) bond motifs is 1. The van der Waals surface area contributed by atoms with Gasteiger partial charge in [-0.1, -0.05) is 24.3 Å². The van der Waals surface area contributed by atoms with Gasteiger partial charge >= 0.3 is 0 Å². The predicted octanol–water partition coefficient (Wildman–Crippen LogP) is 2.51. The number of halogens is 1. The summed E-state index contributed by atoms with van der Waals surface area (Å²) in [5.74, 6) is 0.0782. The number of rotatable bonds is 6. The van der Waals surface area contributed by atoms with Crippen LogP contribution in [0, 0.1) is 5.82 Å². The van der Waals surface area contributed by atoms with E-state index in [9.17, 15) is 9.18 Å². The molecule has 126 valence electrons. The molecule has 4 nitrogen and oxygen atoms in total. The van der Waals surface area contributed by atoms with Crippen LogP contribution in [0.2, 0.25) is 0 Å². The Hall–Kier alpha value is -2.40. The van der Waals surface area contributed by atoms with Crippen molar-refractivity contribution in [2.45, 2.75) is 25.4 Å². The van der Waals surface area contributed by atoms with Gasteiger partial charge in [0.05, 0.1) is 12.6 Å². The number of primary amides is 1. The monoisotopic (exact) mass is 328 g/mol. The van der Waals surface area contributed by atoms with E-state index in [1.807, 2.05) is 12.1 Å². The van der Waals surface area contributed by atoms with Crippen LogP contribution in [0.4, 0.5) is 4.39 Å². The average molecular weight is 328 g/mol. The molecule has 0 radical (unpaired) electrons. The summed E-state index contributed by atoms with van der Waals surface area (Å²) in [5.41, 5.74) is 8.02. The highest BCUT2D eigenvalue weighted by molar-refractivity contribution is 5.80. The molecule has 2 aromatic carbocycles. The van der Waals surface area contributed by atoms with Gasteiger partial charge in [-0.05, 0) is 48.2 Å². The van der Waals surface area contributed by atoms with Crippen LogP contribution in [-0.2, 0) is 17.8 Å². The number of ether oxygens (including phenoxy) is 1. The second kappa shape index (κ2) is 7.45. The van der Waals surface area contributed by atoms with Crippen molar-refractivity contribution in [3.8, 4) is 5.75 Å². The smallest absolute Gasteiger partial charge is 0.235 e. The Morgan fingerprint density at radius 2 is 1.88 bits per heavy atom. The number of hydrogen-bond acceptors (Lipinski definition) is 3. The first-order chi connectivity index (χ1) is 11.6. The maximum atomic E-state index is 12.9. The summed E-state index contributed by atoms with van der Waals surface area (Å²) in [4.78, 5) is 13.9. The zero-order chi connectivity index (χ0) is 16.9.